The number of ether oxygens (including phenoxy) is 1. The van der Waals surface area contributed by atoms with Gasteiger partial charge in [0, 0.05) is 21.4 Å². The number of nitrogens with one attached hydrogen (secondary N) is 3. The normalized spacial score (nSPS) is 16.0. The van der Waals surface area contributed by atoms with Crippen LogP contribution in [0, 0.1) is 6.92 Å². The van der Waals surface area contributed by atoms with Crippen molar-refractivity contribution in [3.8, 4) is 5.75 Å². The van der Waals surface area contributed by atoms with Crippen molar-refractivity contribution in [2.75, 3.05) is 11.9 Å². The first-order valence-electron chi connectivity index (χ1n) is 9.97. The predicted octanol–water partition coefficient (Wildman–Crippen LogP) is 5.37. The minimum absolute atomic E-state index is 0.191. The smallest absolute Gasteiger partial charge is 0.255 e. The van der Waals surface area contributed by atoms with Crippen molar-refractivity contribution in [2.24, 2.45) is 0 Å². The molecule has 0 radical (unpaired) electrons. The van der Waals surface area contributed by atoms with Gasteiger partial charge in [-0.1, -0.05) is 47.0 Å². The van der Waals surface area contributed by atoms with Crippen molar-refractivity contribution in [1.82, 2.24) is 10.6 Å². The highest BCUT2D eigenvalue weighted by Crippen LogP contribution is 2.35. The minimum atomic E-state index is -0.432. The monoisotopic (exact) mass is 487 g/mol. The van der Waals surface area contributed by atoms with Gasteiger partial charge >= 0.3 is 0 Å². The largest absolute Gasteiger partial charge is 0.493 e. The predicted molar refractivity (Wildman–Crippen MR) is 129 cm³/mol. The van der Waals surface area contributed by atoms with E-state index >= 15 is 0 Å². The van der Waals surface area contributed by atoms with Crippen molar-refractivity contribution in [3.05, 3.63) is 69.3 Å². The number of aryl methyl sites for hydroxylation is 1. The van der Waals surface area contributed by atoms with E-state index in [0.29, 0.717) is 23.0 Å². The summed E-state index contributed by atoms with van der Waals surface area (Å²) in [5.41, 5.74) is 4.02. The van der Waals surface area contributed by atoms with Gasteiger partial charge in [-0.2, -0.15) is 0 Å². The maximum absolute atomic E-state index is 13.3. The number of unbranched alkanes of at least 4 members (excludes halogenated alkanes) is 1. The molecule has 3 rings (SSSR count). The first-order chi connectivity index (χ1) is 14.4. The Balaban J connectivity index is 1.96. The first-order valence-corrected chi connectivity index (χ1v) is 11.2. The molecule has 158 valence electrons. The summed E-state index contributed by atoms with van der Waals surface area (Å²) >= 11 is 8.93. The maximum Gasteiger partial charge on any atom is 0.255 e. The Labute approximate surface area is 191 Å². The quantitative estimate of drug-likeness (QED) is 0.362. The van der Waals surface area contributed by atoms with Gasteiger partial charge in [-0.15, -0.1) is 0 Å². The van der Waals surface area contributed by atoms with E-state index < -0.39 is 6.04 Å². The lowest BCUT2D eigenvalue weighted by atomic mass is 9.94. The fourth-order valence-corrected chi connectivity index (χ4v) is 3.92. The lowest BCUT2D eigenvalue weighted by Crippen LogP contribution is -2.45. The summed E-state index contributed by atoms with van der Waals surface area (Å²) in [7, 11) is 0. The second-order valence-electron chi connectivity index (χ2n) is 7.27. The van der Waals surface area contributed by atoms with Crippen LogP contribution < -0.4 is 20.7 Å². The number of hydrogen-bond acceptors (Lipinski definition) is 3. The molecule has 30 heavy (non-hydrogen) atoms. The molecule has 2 aromatic rings. The molecule has 1 amide bonds. The van der Waals surface area contributed by atoms with Crippen LogP contribution in [-0.2, 0) is 4.79 Å². The lowest BCUT2D eigenvalue weighted by molar-refractivity contribution is -0.113. The molecule has 5 nitrogen and oxygen atoms in total. The number of halogens is 1. The highest BCUT2D eigenvalue weighted by molar-refractivity contribution is 9.10. The molecule has 0 saturated carbocycles. The Kier molecular flexibility index (Phi) is 7.50. The standard InChI is InChI=1S/C23H26BrN3O2S/c1-4-5-12-29-19-11-8-16(24)13-18(19)21-20(15(3)25-23(30)27-21)22(28)26-17-9-6-14(2)7-10-17/h6-11,13,21H,4-5,12H2,1-3H3,(H,26,28)(H2,25,27,30)/t21-/m0/s1. The van der Waals surface area contributed by atoms with E-state index in [4.69, 9.17) is 17.0 Å². The molecule has 0 aliphatic carbocycles. The molecule has 0 bridgehead atoms. The Bertz CT molecular complexity index is 973. The van der Waals surface area contributed by atoms with Gasteiger partial charge in [0.15, 0.2) is 5.11 Å². The van der Waals surface area contributed by atoms with Gasteiger partial charge in [-0.05, 0) is 62.8 Å². The van der Waals surface area contributed by atoms with Crippen LogP contribution in [0.25, 0.3) is 0 Å². The van der Waals surface area contributed by atoms with Crippen LogP contribution in [0.1, 0.15) is 43.9 Å². The highest BCUT2D eigenvalue weighted by Gasteiger charge is 2.32. The first kappa shape index (κ1) is 22.3. The Morgan fingerprint density at radius 1 is 1.20 bits per heavy atom. The van der Waals surface area contributed by atoms with E-state index in [0.717, 1.165) is 39.9 Å². The molecule has 0 fully saturated rings. The molecule has 1 atom stereocenters. The fourth-order valence-electron chi connectivity index (χ4n) is 3.27. The topological polar surface area (TPSA) is 62.4 Å². The summed E-state index contributed by atoms with van der Waals surface area (Å²) in [5.74, 6) is 0.547. The summed E-state index contributed by atoms with van der Waals surface area (Å²) in [6, 6.07) is 13.1. The van der Waals surface area contributed by atoms with E-state index in [9.17, 15) is 4.79 Å². The zero-order valence-corrected chi connectivity index (χ0v) is 19.7. The number of amides is 1. The number of anilines is 1. The number of allylic oxidation sites excluding steroid dienone is 1. The van der Waals surface area contributed by atoms with Gasteiger partial charge in [0.1, 0.15) is 5.75 Å². The highest BCUT2D eigenvalue weighted by atomic mass is 79.9. The second-order valence-corrected chi connectivity index (χ2v) is 8.60. The van der Waals surface area contributed by atoms with E-state index in [1.807, 2.05) is 56.3 Å². The number of thiocarbonyl (C=S) groups is 1. The minimum Gasteiger partial charge on any atom is -0.493 e. The van der Waals surface area contributed by atoms with Gasteiger partial charge in [0.05, 0.1) is 18.2 Å². The van der Waals surface area contributed by atoms with Crippen LogP contribution in [0.5, 0.6) is 5.75 Å². The zero-order chi connectivity index (χ0) is 21.7. The molecule has 2 aromatic carbocycles. The molecule has 3 N–H and O–H groups in total. The summed E-state index contributed by atoms with van der Waals surface area (Å²) in [6.07, 6.45) is 2.01. The van der Waals surface area contributed by atoms with Crippen LogP contribution in [0.3, 0.4) is 0 Å². The van der Waals surface area contributed by atoms with E-state index in [1.165, 1.54) is 0 Å². The fraction of sp³-hybridized carbons (Fsp3) is 0.304. The van der Waals surface area contributed by atoms with Crippen molar-refractivity contribution < 1.29 is 9.53 Å². The molecule has 1 aliphatic rings. The molecule has 0 saturated heterocycles. The lowest BCUT2D eigenvalue weighted by Gasteiger charge is -2.31. The van der Waals surface area contributed by atoms with Gasteiger partial charge < -0.3 is 20.7 Å². The van der Waals surface area contributed by atoms with Crippen molar-refractivity contribution in [3.63, 3.8) is 0 Å². The molecule has 0 spiro atoms. The van der Waals surface area contributed by atoms with E-state index in [1.54, 1.807) is 0 Å². The number of rotatable bonds is 7. The summed E-state index contributed by atoms with van der Waals surface area (Å²) in [6.45, 7) is 6.61. The van der Waals surface area contributed by atoms with E-state index in [-0.39, 0.29) is 5.91 Å². The van der Waals surface area contributed by atoms with Crippen LogP contribution in [-0.4, -0.2) is 17.6 Å². The van der Waals surface area contributed by atoms with Crippen LogP contribution in [0.2, 0.25) is 0 Å². The summed E-state index contributed by atoms with van der Waals surface area (Å²) < 4.78 is 6.94. The number of hydrogen-bond donors (Lipinski definition) is 3. The Morgan fingerprint density at radius 2 is 1.93 bits per heavy atom. The number of carbonyl (C=O) groups excluding carboxylic acids is 1. The van der Waals surface area contributed by atoms with Crippen molar-refractivity contribution >= 4 is 44.9 Å². The molecule has 1 heterocycles. The third kappa shape index (κ3) is 5.40. The third-order valence-corrected chi connectivity index (χ3v) is 5.57. The average Bonchev–Trinajstić information content (AvgIpc) is 2.70. The van der Waals surface area contributed by atoms with Crippen LogP contribution in [0.4, 0.5) is 5.69 Å². The SMILES string of the molecule is CCCCOc1ccc(Br)cc1[C@@H]1NC(=S)NC(C)=C1C(=O)Nc1ccc(C)cc1. The summed E-state index contributed by atoms with van der Waals surface area (Å²) in [4.78, 5) is 13.3. The molecule has 1 aliphatic heterocycles. The Morgan fingerprint density at radius 3 is 2.63 bits per heavy atom. The van der Waals surface area contributed by atoms with Gasteiger partial charge in [0.25, 0.3) is 5.91 Å². The van der Waals surface area contributed by atoms with Gasteiger partial charge in [0.2, 0.25) is 0 Å². The van der Waals surface area contributed by atoms with Gasteiger partial charge in [-0.3, -0.25) is 4.79 Å². The van der Waals surface area contributed by atoms with Crippen molar-refractivity contribution in [2.45, 2.75) is 39.7 Å². The zero-order valence-electron chi connectivity index (χ0n) is 17.3. The number of benzene rings is 2. The van der Waals surface area contributed by atoms with Crippen molar-refractivity contribution in [1.29, 1.82) is 0 Å². The second kappa shape index (κ2) is 10.1. The maximum atomic E-state index is 13.3. The van der Waals surface area contributed by atoms with Crippen LogP contribution >= 0.6 is 28.1 Å². The molecular weight excluding hydrogens is 462 g/mol. The summed E-state index contributed by atoms with van der Waals surface area (Å²) in [5, 5.41) is 9.80. The van der Waals surface area contributed by atoms with Crippen LogP contribution in [0.15, 0.2) is 58.2 Å². The molecular formula is C23H26BrN3O2S. The molecule has 7 heteroatoms. The van der Waals surface area contributed by atoms with Gasteiger partial charge in [-0.25, -0.2) is 0 Å². The third-order valence-electron chi connectivity index (χ3n) is 4.86. The average molecular weight is 488 g/mol. The molecule has 0 unspecified atom stereocenters. The number of carbonyl (C=O) groups is 1. The van der Waals surface area contributed by atoms with E-state index in [2.05, 4.69) is 38.8 Å². The Hall–Kier alpha value is -2.38. The molecule has 0 aromatic heterocycles.